The van der Waals surface area contributed by atoms with Crippen molar-refractivity contribution in [3.63, 3.8) is 0 Å². The molecule has 2 amide bonds. The molecule has 0 rings (SSSR count). The average molecular weight is 172 g/mol. The van der Waals surface area contributed by atoms with Crippen LogP contribution in [-0.2, 0) is 0 Å². The normalized spacial score (nSPS) is 11.3. The number of rotatable bonds is 4. The minimum Gasteiger partial charge on any atom is -0.351 e. The topological polar surface area (TPSA) is 46.3 Å². The molecule has 0 spiro atoms. The van der Waals surface area contributed by atoms with Crippen molar-refractivity contribution in [2.45, 2.75) is 45.6 Å². The van der Waals surface area contributed by atoms with Gasteiger partial charge in [-0.05, 0) is 19.3 Å². The van der Waals surface area contributed by atoms with Crippen molar-refractivity contribution in [3.05, 3.63) is 0 Å². The number of carbonyl (C=O) groups excluding carboxylic acids is 1. The standard InChI is InChI=1S/C9H20N2O/c1-5-9(6-2,7-3)11(4)8(10)12/h5-7H2,1-4H3,(H2,10,12). The molecular formula is C9H20N2O. The number of hydrogen-bond donors (Lipinski definition) is 1. The molecule has 0 aromatic rings. The first-order chi connectivity index (χ1) is 5.54. The van der Waals surface area contributed by atoms with Gasteiger partial charge in [0.05, 0.1) is 0 Å². The fourth-order valence-electron chi connectivity index (χ4n) is 1.70. The van der Waals surface area contributed by atoms with E-state index in [0.29, 0.717) is 0 Å². The largest absolute Gasteiger partial charge is 0.351 e. The van der Waals surface area contributed by atoms with Gasteiger partial charge in [-0.15, -0.1) is 0 Å². The summed E-state index contributed by atoms with van der Waals surface area (Å²) in [6.07, 6.45) is 2.87. The SMILES string of the molecule is CCC(CC)(CC)N(C)C(N)=O. The Morgan fingerprint density at radius 3 is 1.67 bits per heavy atom. The van der Waals surface area contributed by atoms with E-state index < -0.39 is 0 Å². The van der Waals surface area contributed by atoms with Gasteiger partial charge >= 0.3 is 6.03 Å². The third kappa shape index (κ3) is 1.90. The Labute approximate surface area is 74.9 Å². The van der Waals surface area contributed by atoms with Gasteiger partial charge in [0.2, 0.25) is 0 Å². The van der Waals surface area contributed by atoms with Crippen LogP contribution in [0.4, 0.5) is 4.79 Å². The number of hydrogen-bond acceptors (Lipinski definition) is 1. The van der Waals surface area contributed by atoms with E-state index >= 15 is 0 Å². The van der Waals surface area contributed by atoms with Gasteiger partial charge in [-0.1, -0.05) is 20.8 Å². The smallest absolute Gasteiger partial charge is 0.314 e. The lowest BCUT2D eigenvalue weighted by atomic mass is 9.88. The molecule has 0 saturated carbocycles. The minimum absolute atomic E-state index is 0.0359. The Balaban J connectivity index is 4.58. The van der Waals surface area contributed by atoms with Crippen molar-refractivity contribution >= 4 is 6.03 Å². The molecule has 0 radical (unpaired) electrons. The van der Waals surface area contributed by atoms with Crippen LogP contribution in [0.25, 0.3) is 0 Å². The van der Waals surface area contributed by atoms with Gasteiger partial charge < -0.3 is 10.6 Å². The van der Waals surface area contributed by atoms with Gasteiger partial charge in [0.1, 0.15) is 0 Å². The monoisotopic (exact) mass is 172 g/mol. The van der Waals surface area contributed by atoms with Crippen LogP contribution in [0.1, 0.15) is 40.0 Å². The molecule has 3 nitrogen and oxygen atoms in total. The molecule has 3 heteroatoms. The second-order valence-corrected chi connectivity index (χ2v) is 3.18. The second kappa shape index (κ2) is 4.33. The van der Waals surface area contributed by atoms with Crippen molar-refractivity contribution in [1.82, 2.24) is 4.90 Å². The van der Waals surface area contributed by atoms with Crippen LogP contribution in [-0.4, -0.2) is 23.5 Å². The summed E-state index contributed by atoms with van der Waals surface area (Å²) in [5.41, 5.74) is 5.20. The van der Waals surface area contributed by atoms with E-state index in [0.717, 1.165) is 19.3 Å². The molecule has 0 bridgehead atoms. The predicted octanol–water partition coefficient (Wildman–Crippen LogP) is 1.97. The molecule has 0 unspecified atom stereocenters. The maximum Gasteiger partial charge on any atom is 0.314 e. The zero-order valence-electron chi connectivity index (χ0n) is 8.55. The van der Waals surface area contributed by atoms with E-state index in [1.54, 1.807) is 11.9 Å². The second-order valence-electron chi connectivity index (χ2n) is 3.18. The van der Waals surface area contributed by atoms with Crippen LogP contribution in [0.2, 0.25) is 0 Å². The van der Waals surface area contributed by atoms with Crippen LogP contribution in [0.15, 0.2) is 0 Å². The van der Waals surface area contributed by atoms with E-state index in [1.165, 1.54) is 0 Å². The zero-order valence-corrected chi connectivity index (χ0v) is 8.55. The molecule has 2 N–H and O–H groups in total. The van der Waals surface area contributed by atoms with E-state index in [1.807, 2.05) is 0 Å². The van der Waals surface area contributed by atoms with Gasteiger partial charge in [-0.25, -0.2) is 4.79 Å². The van der Waals surface area contributed by atoms with Crippen molar-refractivity contribution in [2.24, 2.45) is 5.73 Å². The zero-order chi connectivity index (χ0) is 9.78. The first-order valence-corrected chi connectivity index (χ1v) is 4.57. The highest BCUT2D eigenvalue weighted by molar-refractivity contribution is 5.72. The molecule has 0 aliphatic carbocycles. The molecule has 0 atom stereocenters. The van der Waals surface area contributed by atoms with Crippen LogP contribution >= 0.6 is 0 Å². The first kappa shape index (κ1) is 11.3. The molecule has 0 fully saturated rings. The van der Waals surface area contributed by atoms with Crippen LogP contribution in [0.5, 0.6) is 0 Å². The van der Waals surface area contributed by atoms with Gasteiger partial charge in [0.25, 0.3) is 0 Å². The molecule has 0 aliphatic rings. The van der Waals surface area contributed by atoms with E-state index in [4.69, 9.17) is 5.73 Å². The van der Waals surface area contributed by atoms with E-state index in [-0.39, 0.29) is 11.6 Å². The highest BCUT2D eigenvalue weighted by Gasteiger charge is 2.30. The quantitative estimate of drug-likeness (QED) is 0.692. The Morgan fingerprint density at radius 1 is 1.25 bits per heavy atom. The third-order valence-corrected chi connectivity index (χ3v) is 3.02. The highest BCUT2D eigenvalue weighted by Crippen LogP contribution is 2.25. The number of carbonyl (C=O) groups is 1. The number of nitrogens with zero attached hydrogens (tertiary/aromatic N) is 1. The lowest BCUT2D eigenvalue weighted by Crippen LogP contribution is -2.50. The van der Waals surface area contributed by atoms with E-state index in [2.05, 4.69) is 20.8 Å². The molecule has 0 heterocycles. The maximum atomic E-state index is 11.0. The van der Waals surface area contributed by atoms with Crippen LogP contribution in [0, 0.1) is 0 Å². The molecule has 0 aromatic heterocycles. The molecule has 0 aliphatic heterocycles. The first-order valence-electron chi connectivity index (χ1n) is 4.57. The summed E-state index contributed by atoms with van der Waals surface area (Å²) in [4.78, 5) is 12.6. The molecule has 0 saturated heterocycles. The number of amides is 2. The molecule has 0 aromatic carbocycles. The Kier molecular flexibility index (Phi) is 4.07. The van der Waals surface area contributed by atoms with Gasteiger partial charge in [0, 0.05) is 12.6 Å². The van der Waals surface area contributed by atoms with Gasteiger partial charge in [0.15, 0.2) is 0 Å². The summed E-state index contributed by atoms with van der Waals surface area (Å²) in [6, 6.07) is -0.333. The Bertz CT molecular complexity index is 144. The Morgan fingerprint density at radius 2 is 1.58 bits per heavy atom. The minimum atomic E-state index is -0.333. The average Bonchev–Trinajstić information content (AvgIpc) is 2.08. The van der Waals surface area contributed by atoms with Crippen molar-refractivity contribution < 1.29 is 4.79 Å². The van der Waals surface area contributed by atoms with Crippen LogP contribution < -0.4 is 5.73 Å². The summed E-state index contributed by atoms with van der Waals surface area (Å²) < 4.78 is 0. The summed E-state index contributed by atoms with van der Waals surface area (Å²) in [6.45, 7) is 6.27. The van der Waals surface area contributed by atoms with Crippen molar-refractivity contribution in [2.75, 3.05) is 7.05 Å². The van der Waals surface area contributed by atoms with Crippen molar-refractivity contribution in [3.8, 4) is 0 Å². The van der Waals surface area contributed by atoms with Gasteiger partial charge in [-0.2, -0.15) is 0 Å². The van der Waals surface area contributed by atoms with Gasteiger partial charge in [-0.3, -0.25) is 0 Å². The summed E-state index contributed by atoms with van der Waals surface area (Å²) >= 11 is 0. The molecule has 72 valence electrons. The summed E-state index contributed by atoms with van der Waals surface area (Å²) in [5, 5.41) is 0. The Hall–Kier alpha value is -0.730. The fraction of sp³-hybridized carbons (Fsp3) is 0.889. The fourth-order valence-corrected chi connectivity index (χ4v) is 1.70. The lowest BCUT2D eigenvalue weighted by molar-refractivity contribution is 0.128. The number of urea groups is 1. The number of nitrogens with two attached hydrogens (primary N) is 1. The maximum absolute atomic E-state index is 11.0. The summed E-state index contributed by atoms with van der Waals surface area (Å²) in [5.74, 6) is 0. The number of primary amides is 1. The lowest BCUT2D eigenvalue weighted by Gasteiger charge is -2.39. The van der Waals surface area contributed by atoms with Crippen molar-refractivity contribution in [1.29, 1.82) is 0 Å². The molecule has 12 heavy (non-hydrogen) atoms. The summed E-state index contributed by atoms with van der Waals surface area (Å²) in [7, 11) is 1.78. The predicted molar refractivity (Wildman–Crippen MR) is 51.0 cm³/mol. The van der Waals surface area contributed by atoms with Crippen LogP contribution in [0.3, 0.4) is 0 Å². The third-order valence-electron chi connectivity index (χ3n) is 3.02. The molecular weight excluding hydrogens is 152 g/mol. The van der Waals surface area contributed by atoms with E-state index in [9.17, 15) is 4.79 Å². The highest BCUT2D eigenvalue weighted by atomic mass is 16.2.